The standard InChI is InChI=1S/C14H13BClFN4O2/c15-14(4-8(22)5-14)23-11-2-1-7(3-9(11)16)20-13-19-6-10(17)12(18)21-13/h1-3,6,8,22H,4-5H2,(H3,18,19,20,21). The fourth-order valence-corrected chi connectivity index (χ4v) is 2.49. The van der Waals surface area contributed by atoms with Gasteiger partial charge < -0.3 is 20.9 Å². The molecule has 1 fully saturated rings. The average Bonchev–Trinajstić information content (AvgIpc) is 2.44. The molecule has 1 aromatic heterocycles. The highest BCUT2D eigenvalue weighted by Crippen LogP contribution is 2.38. The van der Waals surface area contributed by atoms with Crippen LogP contribution in [0, 0.1) is 5.82 Å². The maximum atomic E-state index is 13.0. The molecule has 6 nitrogen and oxygen atoms in total. The van der Waals surface area contributed by atoms with E-state index in [9.17, 15) is 9.50 Å². The fourth-order valence-electron chi connectivity index (χ4n) is 2.27. The van der Waals surface area contributed by atoms with E-state index in [-0.39, 0.29) is 11.8 Å². The van der Waals surface area contributed by atoms with E-state index in [0.29, 0.717) is 29.3 Å². The molecule has 3 rings (SSSR count). The van der Waals surface area contributed by atoms with E-state index in [1.54, 1.807) is 18.2 Å². The summed E-state index contributed by atoms with van der Waals surface area (Å²) in [5.41, 5.74) is 5.06. The number of hydrogen-bond acceptors (Lipinski definition) is 6. The summed E-state index contributed by atoms with van der Waals surface area (Å²) >= 11 is 6.17. The Morgan fingerprint density at radius 2 is 2.22 bits per heavy atom. The molecule has 0 bridgehead atoms. The van der Waals surface area contributed by atoms with E-state index in [1.165, 1.54) is 0 Å². The molecule has 1 aliphatic carbocycles. The Labute approximate surface area is 138 Å². The lowest BCUT2D eigenvalue weighted by molar-refractivity contribution is -0.0396. The third-order valence-corrected chi connectivity index (χ3v) is 3.73. The average molecular weight is 335 g/mol. The van der Waals surface area contributed by atoms with Crippen LogP contribution in [0.5, 0.6) is 5.75 Å². The molecular formula is C14H13BClFN4O2. The van der Waals surface area contributed by atoms with E-state index in [0.717, 1.165) is 6.20 Å². The highest BCUT2D eigenvalue weighted by Gasteiger charge is 2.41. The van der Waals surface area contributed by atoms with E-state index in [4.69, 9.17) is 29.9 Å². The third-order valence-electron chi connectivity index (χ3n) is 3.43. The van der Waals surface area contributed by atoms with E-state index in [2.05, 4.69) is 15.3 Å². The van der Waals surface area contributed by atoms with Gasteiger partial charge in [-0.05, 0) is 18.2 Å². The molecule has 0 amide bonds. The number of ether oxygens (including phenoxy) is 1. The molecule has 4 N–H and O–H groups in total. The second-order valence-corrected chi connectivity index (χ2v) is 5.83. The van der Waals surface area contributed by atoms with Crippen molar-refractivity contribution < 1.29 is 14.2 Å². The number of benzene rings is 1. The van der Waals surface area contributed by atoms with Crippen LogP contribution in [-0.2, 0) is 0 Å². The number of aliphatic hydroxyl groups is 1. The van der Waals surface area contributed by atoms with Crippen LogP contribution < -0.4 is 15.8 Å². The predicted octanol–water partition coefficient (Wildman–Crippen LogP) is 1.99. The van der Waals surface area contributed by atoms with Gasteiger partial charge in [0.2, 0.25) is 5.95 Å². The zero-order chi connectivity index (χ0) is 16.6. The summed E-state index contributed by atoms with van der Waals surface area (Å²) in [5, 5.41) is 12.5. The molecular weight excluding hydrogens is 321 g/mol. The Morgan fingerprint density at radius 3 is 2.83 bits per heavy atom. The molecule has 2 radical (unpaired) electrons. The zero-order valence-corrected chi connectivity index (χ0v) is 12.7. The van der Waals surface area contributed by atoms with Crippen molar-refractivity contribution in [1.82, 2.24) is 9.97 Å². The van der Waals surface area contributed by atoms with Crippen LogP contribution in [0.25, 0.3) is 0 Å². The number of aliphatic hydroxyl groups excluding tert-OH is 1. The molecule has 1 heterocycles. The van der Waals surface area contributed by atoms with Gasteiger partial charge in [-0.1, -0.05) is 11.6 Å². The maximum absolute atomic E-state index is 13.0. The van der Waals surface area contributed by atoms with Crippen molar-refractivity contribution in [3.05, 3.63) is 35.2 Å². The molecule has 0 atom stereocenters. The van der Waals surface area contributed by atoms with Crippen LogP contribution in [0.4, 0.5) is 21.8 Å². The zero-order valence-electron chi connectivity index (χ0n) is 12.0. The van der Waals surface area contributed by atoms with Crippen LogP contribution in [0.1, 0.15) is 12.8 Å². The van der Waals surface area contributed by atoms with Gasteiger partial charge >= 0.3 is 0 Å². The summed E-state index contributed by atoms with van der Waals surface area (Å²) in [5.74, 6) is -0.382. The molecule has 1 aromatic carbocycles. The Balaban J connectivity index is 1.72. The van der Waals surface area contributed by atoms with Gasteiger partial charge in [-0.25, -0.2) is 9.37 Å². The maximum Gasteiger partial charge on any atom is 0.229 e. The largest absolute Gasteiger partial charge is 0.496 e. The third kappa shape index (κ3) is 3.48. The van der Waals surface area contributed by atoms with E-state index >= 15 is 0 Å². The Kier molecular flexibility index (Phi) is 4.03. The second-order valence-electron chi connectivity index (χ2n) is 5.43. The van der Waals surface area contributed by atoms with Gasteiger partial charge in [0.1, 0.15) is 13.6 Å². The smallest absolute Gasteiger partial charge is 0.229 e. The second kappa shape index (κ2) is 5.86. The summed E-state index contributed by atoms with van der Waals surface area (Å²) in [6, 6.07) is 4.91. The van der Waals surface area contributed by atoms with Crippen LogP contribution in [0.3, 0.4) is 0 Å². The first-order valence-corrected chi connectivity index (χ1v) is 7.23. The highest BCUT2D eigenvalue weighted by atomic mass is 35.5. The lowest BCUT2D eigenvalue weighted by Crippen LogP contribution is -2.52. The van der Waals surface area contributed by atoms with Crippen molar-refractivity contribution in [2.75, 3.05) is 11.1 Å². The summed E-state index contributed by atoms with van der Waals surface area (Å²) < 4.78 is 18.7. The number of halogens is 2. The van der Waals surface area contributed by atoms with Crippen molar-refractivity contribution >= 4 is 36.9 Å². The van der Waals surface area contributed by atoms with Crippen molar-refractivity contribution in [2.45, 2.75) is 24.4 Å². The summed E-state index contributed by atoms with van der Waals surface area (Å²) in [6.45, 7) is 0. The van der Waals surface area contributed by atoms with Crippen molar-refractivity contribution in [3.8, 4) is 5.75 Å². The predicted molar refractivity (Wildman–Crippen MR) is 85.5 cm³/mol. The van der Waals surface area contributed by atoms with Gasteiger partial charge in [-0.15, -0.1) is 0 Å². The summed E-state index contributed by atoms with van der Waals surface area (Å²) in [4.78, 5) is 7.55. The molecule has 118 valence electrons. The monoisotopic (exact) mass is 334 g/mol. The minimum atomic E-state index is -0.896. The summed E-state index contributed by atoms with van der Waals surface area (Å²) in [6.07, 6.45) is 1.24. The molecule has 0 unspecified atom stereocenters. The quantitative estimate of drug-likeness (QED) is 0.741. The minimum Gasteiger partial charge on any atom is -0.496 e. The SMILES string of the molecule is [B]C1(Oc2ccc(Nc3ncc(F)c(N)n3)cc2Cl)CC(O)C1. The fraction of sp³-hybridized carbons (Fsp3) is 0.286. The first-order valence-electron chi connectivity index (χ1n) is 6.85. The number of nitrogens with one attached hydrogen (secondary N) is 1. The van der Waals surface area contributed by atoms with Gasteiger partial charge in [0.15, 0.2) is 11.6 Å². The van der Waals surface area contributed by atoms with Crippen molar-refractivity contribution in [3.63, 3.8) is 0 Å². The van der Waals surface area contributed by atoms with Crippen LogP contribution in [0.2, 0.25) is 5.02 Å². The molecule has 23 heavy (non-hydrogen) atoms. The van der Waals surface area contributed by atoms with Crippen molar-refractivity contribution in [1.29, 1.82) is 0 Å². The number of nitrogens with two attached hydrogens (primary N) is 1. The normalized spacial score (nSPS) is 23.2. The minimum absolute atomic E-state index is 0.144. The van der Waals surface area contributed by atoms with Crippen LogP contribution in [-0.4, -0.2) is 34.5 Å². The molecule has 1 aliphatic rings. The Hall–Kier alpha value is -2.06. The molecule has 2 aromatic rings. The van der Waals surface area contributed by atoms with Gasteiger partial charge in [0.25, 0.3) is 0 Å². The van der Waals surface area contributed by atoms with Crippen molar-refractivity contribution in [2.24, 2.45) is 0 Å². The highest BCUT2D eigenvalue weighted by molar-refractivity contribution is 6.32. The van der Waals surface area contributed by atoms with E-state index in [1.807, 2.05) is 0 Å². The lowest BCUT2D eigenvalue weighted by atomic mass is 9.64. The summed E-state index contributed by atoms with van der Waals surface area (Å²) in [7, 11) is 5.96. The molecule has 0 aliphatic heterocycles. The van der Waals surface area contributed by atoms with Gasteiger partial charge in [0.05, 0.1) is 22.8 Å². The van der Waals surface area contributed by atoms with Gasteiger partial charge in [-0.3, -0.25) is 0 Å². The first kappa shape index (κ1) is 15.8. The number of rotatable bonds is 4. The molecule has 9 heteroatoms. The van der Waals surface area contributed by atoms with Gasteiger partial charge in [-0.2, -0.15) is 4.98 Å². The number of aromatic nitrogens is 2. The van der Waals surface area contributed by atoms with Gasteiger partial charge in [0, 0.05) is 18.5 Å². The Bertz CT molecular complexity index is 743. The lowest BCUT2D eigenvalue weighted by Gasteiger charge is -2.43. The topological polar surface area (TPSA) is 93.3 Å². The first-order chi connectivity index (χ1) is 10.8. The molecule has 1 saturated carbocycles. The Morgan fingerprint density at radius 1 is 1.48 bits per heavy atom. The van der Waals surface area contributed by atoms with Crippen LogP contribution in [0.15, 0.2) is 24.4 Å². The number of nitrogens with zero attached hydrogens (tertiary/aromatic N) is 2. The van der Waals surface area contributed by atoms with E-state index < -0.39 is 17.4 Å². The number of hydrogen-bond donors (Lipinski definition) is 3. The number of nitrogen functional groups attached to an aromatic ring is 1. The number of anilines is 3. The molecule has 0 saturated heterocycles. The molecule has 0 spiro atoms. The van der Waals surface area contributed by atoms with Crippen LogP contribution >= 0.6 is 11.6 Å².